The third kappa shape index (κ3) is 4.96. The maximum absolute atomic E-state index is 10.8. The van der Waals surface area contributed by atoms with Crippen molar-refractivity contribution in [2.45, 2.75) is 96.8 Å². The molecule has 2 nitrogen and oxygen atoms in total. The third-order valence-corrected chi connectivity index (χ3v) is 6.87. The van der Waals surface area contributed by atoms with E-state index in [1.807, 2.05) is 0 Å². The van der Waals surface area contributed by atoms with Crippen molar-refractivity contribution in [2.75, 3.05) is 0 Å². The number of carboxylic acids is 1. The molecule has 0 spiro atoms. The minimum Gasteiger partial charge on any atom is -0.481 e. The highest BCUT2D eigenvalue weighted by atomic mass is 16.4. The Hall–Kier alpha value is -2.09. The first-order valence-corrected chi connectivity index (χ1v) is 11.9. The van der Waals surface area contributed by atoms with Crippen LogP contribution in [0.25, 0.3) is 11.1 Å². The average molecular weight is 407 g/mol. The molecule has 0 unspecified atom stereocenters. The zero-order chi connectivity index (χ0) is 21.6. The molecule has 2 aromatic carbocycles. The predicted octanol–water partition coefficient (Wildman–Crippen LogP) is 7.97. The Balaban J connectivity index is 1.89. The molecule has 30 heavy (non-hydrogen) atoms. The van der Waals surface area contributed by atoms with Crippen LogP contribution < -0.4 is 0 Å². The van der Waals surface area contributed by atoms with E-state index in [0.717, 1.165) is 25.7 Å². The lowest BCUT2D eigenvalue weighted by molar-refractivity contribution is -0.137. The number of aryl methyl sites for hydroxylation is 2. The Morgan fingerprint density at radius 1 is 0.767 bits per heavy atom. The van der Waals surface area contributed by atoms with Crippen LogP contribution in [-0.2, 0) is 10.2 Å². The molecule has 2 heteroatoms. The van der Waals surface area contributed by atoms with Gasteiger partial charge in [-0.25, -0.2) is 0 Å². The van der Waals surface area contributed by atoms with Crippen molar-refractivity contribution < 1.29 is 9.90 Å². The molecule has 0 saturated carbocycles. The fraction of sp³-hybridized carbons (Fsp3) is 0.536. The van der Waals surface area contributed by atoms with E-state index in [9.17, 15) is 4.79 Å². The number of rotatable bonds is 12. The topological polar surface area (TPSA) is 37.3 Å². The summed E-state index contributed by atoms with van der Waals surface area (Å²) in [5.74, 6) is -0.674. The molecule has 3 rings (SSSR count). The van der Waals surface area contributed by atoms with Crippen molar-refractivity contribution >= 4 is 5.97 Å². The lowest BCUT2D eigenvalue weighted by atomic mass is 9.70. The quantitative estimate of drug-likeness (QED) is 0.363. The highest BCUT2D eigenvalue weighted by molar-refractivity contribution is 5.81. The summed E-state index contributed by atoms with van der Waals surface area (Å²) in [5.41, 5.74) is 8.73. The van der Waals surface area contributed by atoms with E-state index < -0.39 is 5.97 Å². The molecule has 0 radical (unpaired) electrons. The summed E-state index contributed by atoms with van der Waals surface area (Å²) in [7, 11) is 0. The van der Waals surface area contributed by atoms with Crippen molar-refractivity contribution in [1.82, 2.24) is 0 Å². The molecular weight excluding hydrogens is 368 g/mol. The smallest absolute Gasteiger partial charge is 0.303 e. The zero-order valence-corrected chi connectivity index (χ0v) is 19.1. The van der Waals surface area contributed by atoms with Crippen LogP contribution in [0.1, 0.15) is 99.8 Å². The molecular formula is C28H38O2. The van der Waals surface area contributed by atoms with Gasteiger partial charge >= 0.3 is 5.97 Å². The summed E-state index contributed by atoms with van der Waals surface area (Å²) in [6.07, 6.45) is 11.9. The van der Waals surface area contributed by atoms with Gasteiger partial charge in [-0.1, -0.05) is 99.4 Å². The third-order valence-electron chi connectivity index (χ3n) is 6.87. The second-order valence-corrected chi connectivity index (χ2v) is 9.30. The van der Waals surface area contributed by atoms with E-state index in [1.165, 1.54) is 71.9 Å². The van der Waals surface area contributed by atoms with Gasteiger partial charge < -0.3 is 5.11 Å². The standard InChI is InChI=1S/C28H38O2/c1-4-5-6-10-17-28(18-11-8-7-9-12-27(29)30)25-19-21(2)13-15-23(25)24-16-14-22(3)20-26(24)28/h13-16,19-20H,4-12,17-18H2,1-3H3,(H,29,30). The Labute approximate surface area is 182 Å². The van der Waals surface area contributed by atoms with Crippen molar-refractivity contribution in [3.63, 3.8) is 0 Å². The van der Waals surface area contributed by atoms with Gasteiger partial charge in [-0.2, -0.15) is 0 Å². The number of aliphatic carboxylic acids is 1. The van der Waals surface area contributed by atoms with E-state index in [-0.39, 0.29) is 5.41 Å². The molecule has 0 amide bonds. The SMILES string of the molecule is CCCCCCC1(CCCCCCC(=O)O)c2cc(C)ccc2-c2ccc(C)cc21. The molecule has 0 atom stereocenters. The van der Waals surface area contributed by atoms with Gasteiger partial charge in [0.15, 0.2) is 0 Å². The molecule has 0 fully saturated rings. The molecule has 1 aliphatic rings. The first kappa shape index (κ1) is 22.6. The highest BCUT2D eigenvalue weighted by Crippen LogP contribution is 2.54. The molecule has 2 aromatic rings. The molecule has 0 aliphatic heterocycles. The van der Waals surface area contributed by atoms with Gasteiger partial charge in [-0.15, -0.1) is 0 Å². The van der Waals surface area contributed by atoms with E-state index in [4.69, 9.17) is 5.11 Å². The summed E-state index contributed by atoms with van der Waals surface area (Å²) in [5, 5.41) is 8.89. The summed E-state index contributed by atoms with van der Waals surface area (Å²) in [4.78, 5) is 10.8. The van der Waals surface area contributed by atoms with Crippen LogP contribution in [0.2, 0.25) is 0 Å². The molecule has 0 saturated heterocycles. The Bertz CT molecular complexity index is 813. The van der Waals surface area contributed by atoms with Gasteiger partial charge in [0.05, 0.1) is 0 Å². The minimum absolute atomic E-state index is 0.114. The van der Waals surface area contributed by atoms with Crippen molar-refractivity contribution in [3.8, 4) is 11.1 Å². The maximum Gasteiger partial charge on any atom is 0.303 e. The molecule has 1 N–H and O–H groups in total. The first-order chi connectivity index (χ1) is 14.5. The summed E-state index contributed by atoms with van der Waals surface area (Å²) < 4.78 is 0. The Morgan fingerprint density at radius 2 is 1.27 bits per heavy atom. The highest BCUT2D eigenvalue weighted by Gasteiger charge is 2.42. The molecule has 0 heterocycles. The van der Waals surface area contributed by atoms with Crippen LogP contribution in [0.4, 0.5) is 0 Å². The van der Waals surface area contributed by atoms with Crippen LogP contribution in [-0.4, -0.2) is 11.1 Å². The van der Waals surface area contributed by atoms with Gasteiger partial charge in [0.25, 0.3) is 0 Å². The van der Waals surface area contributed by atoms with E-state index >= 15 is 0 Å². The largest absolute Gasteiger partial charge is 0.481 e. The number of carboxylic acid groups (broad SMARTS) is 1. The van der Waals surface area contributed by atoms with Crippen LogP contribution in [0, 0.1) is 13.8 Å². The normalized spacial score (nSPS) is 13.8. The van der Waals surface area contributed by atoms with Crippen molar-refractivity contribution in [1.29, 1.82) is 0 Å². The first-order valence-electron chi connectivity index (χ1n) is 11.9. The minimum atomic E-state index is -0.674. The lowest BCUT2D eigenvalue weighted by Gasteiger charge is -2.33. The number of unbranched alkanes of at least 4 members (excludes halogenated alkanes) is 6. The molecule has 162 valence electrons. The fourth-order valence-corrected chi connectivity index (χ4v) is 5.30. The molecule has 0 aromatic heterocycles. The molecule has 0 bridgehead atoms. The second kappa shape index (κ2) is 10.3. The van der Waals surface area contributed by atoms with Gasteiger partial charge in [0.1, 0.15) is 0 Å². The predicted molar refractivity (Wildman–Crippen MR) is 126 cm³/mol. The van der Waals surface area contributed by atoms with Crippen molar-refractivity contribution in [3.05, 3.63) is 58.7 Å². The number of carbonyl (C=O) groups is 1. The number of benzene rings is 2. The van der Waals surface area contributed by atoms with Crippen LogP contribution in [0.5, 0.6) is 0 Å². The van der Waals surface area contributed by atoms with E-state index in [2.05, 4.69) is 57.2 Å². The number of fused-ring (bicyclic) bond motifs is 3. The summed E-state index contributed by atoms with van der Waals surface area (Å²) >= 11 is 0. The summed E-state index contributed by atoms with van der Waals surface area (Å²) in [6, 6.07) is 14.0. The second-order valence-electron chi connectivity index (χ2n) is 9.30. The van der Waals surface area contributed by atoms with Gasteiger partial charge in [-0.05, 0) is 55.4 Å². The average Bonchev–Trinajstić information content (AvgIpc) is 2.96. The van der Waals surface area contributed by atoms with Gasteiger partial charge in [0.2, 0.25) is 0 Å². The Morgan fingerprint density at radius 3 is 1.77 bits per heavy atom. The number of hydrogen-bond acceptors (Lipinski definition) is 1. The van der Waals surface area contributed by atoms with Crippen LogP contribution in [0.3, 0.4) is 0 Å². The zero-order valence-electron chi connectivity index (χ0n) is 19.1. The van der Waals surface area contributed by atoms with E-state index in [0.29, 0.717) is 6.42 Å². The summed E-state index contributed by atoms with van der Waals surface area (Å²) in [6.45, 7) is 6.70. The van der Waals surface area contributed by atoms with Gasteiger partial charge in [0, 0.05) is 11.8 Å². The Kier molecular flexibility index (Phi) is 7.75. The van der Waals surface area contributed by atoms with Crippen molar-refractivity contribution in [2.24, 2.45) is 0 Å². The number of hydrogen-bond donors (Lipinski definition) is 1. The van der Waals surface area contributed by atoms with Crippen LogP contribution in [0.15, 0.2) is 36.4 Å². The monoisotopic (exact) mass is 406 g/mol. The van der Waals surface area contributed by atoms with Crippen LogP contribution >= 0.6 is 0 Å². The van der Waals surface area contributed by atoms with E-state index in [1.54, 1.807) is 0 Å². The molecule has 1 aliphatic carbocycles. The van der Waals surface area contributed by atoms with Gasteiger partial charge in [-0.3, -0.25) is 4.79 Å². The lowest BCUT2D eigenvalue weighted by Crippen LogP contribution is -2.25. The fourth-order valence-electron chi connectivity index (χ4n) is 5.30. The maximum atomic E-state index is 10.8.